The van der Waals surface area contributed by atoms with Gasteiger partial charge in [0.1, 0.15) is 6.04 Å². The predicted octanol–water partition coefficient (Wildman–Crippen LogP) is 0.393. The van der Waals surface area contributed by atoms with Crippen molar-refractivity contribution in [3.63, 3.8) is 0 Å². The summed E-state index contributed by atoms with van der Waals surface area (Å²) in [5.41, 5.74) is 5.25. The van der Waals surface area contributed by atoms with E-state index in [2.05, 4.69) is 5.32 Å². The second kappa shape index (κ2) is 7.12. The van der Waals surface area contributed by atoms with E-state index < -0.39 is 23.9 Å². The first-order chi connectivity index (χ1) is 9.31. The van der Waals surface area contributed by atoms with Gasteiger partial charge in [0.15, 0.2) is 0 Å². The van der Waals surface area contributed by atoms with Crippen molar-refractivity contribution in [2.75, 3.05) is 13.1 Å². The Labute approximate surface area is 118 Å². The smallest absolute Gasteiger partial charge is 0.326 e. The standard InChI is InChI=1S/C13H23N3O4/c1-8(2)6-10(12(18)19)15-13(20)16-5-3-4-9(7-16)11(14)17/h8-10H,3-7H2,1-2H3,(H2,14,17)(H,15,20)(H,18,19)/t9?,10-/m0/s1. The number of carbonyl (C=O) groups is 3. The zero-order valence-electron chi connectivity index (χ0n) is 12.0. The fourth-order valence-corrected chi connectivity index (χ4v) is 2.33. The summed E-state index contributed by atoms with van der Waals surface area (Å²) in [5.74, 6) is -1.64. The molecular formula is C13H23N3O4. The van der Waals surface area contributed by atoms with Gasteiger partial charge in [0, 0.05) is 13.1 Å². The third kappa shape index (κ3) is 4.71. The van der Waals surface area contributed by atoms with Crippen molar-refractivity contribution in [2.45, 2.75) is 39.2 Å². The average molecular weight is 285 g/mol. The molecule has 1 saturated heterocycles. The van der Waals surface area contributed by atoms with Gasteiger partial charge in [0.05, 0.1) is 5.92 Å². The summed E-state index contributed by atoms with van der Waals surface area (Å²) in [4.78, 5) is 35.8. The van der Waals surface area contributed by atoms with Crippen LogP contribution in [0.2, 0.25) is 0 Å². The topological polar surface area (TPSA) is 113 Å². The summed E-state index contributed by atoms with van der Waals surface area (Å²) in [6.07, 6.45) is 1.74. The first-order valence-corrected chi connectivity index (χ1v) is 6.88. The molecule has 0 saturated carbocycles. The molecule has 1 heterocycles. The quantitative estimate of drug-likeness (QED) is 0.678. The number of carbonyl (C=O) groups excluding carboxylic acids is 2. The number of nitrogens with two attached hydrogens (primary N) is 1. The van der Waals surface area contributed by atoms with Crippen LogP contribution in [0.15, 0.2) is 0 Å². The number of nitrogens with one attached hydrogen (secondary N) is 1. The van der Waals surface area contributed by atoms with Crippen LogP contribution in [0.1, 0.15) is 33.1 Å². The van der Waals surface area contributed by atoms with Gasteiger partial charge >= 0.3 is 12.0 Å². The number of carboxylic acids is 1. The number of hydrogen-bond acceptors (Lipinski definition) is 3. The van der Waals surface area contributed by atoms with Crippen LogP contribution < -0.4 is 11.1 Å². The molecule has 1 aliphatic heterocycles. The number of amides is 3. The first-order valence-electron chi connectivity index (χ1n) is 6.88. The van der Waals surface area contributed by atoms with Gasteiger partial charge in [-0.05, 0) is 25.2 Å². The first kappa shape index (κ1) is 16.3. The number of primary amides is 1. The van der Waals surface area contributed by atoms with E-state index in [1.54, 1.807) is 0 Å². The lowest BCUT2D eigenvalue weighted by molar-refractivity contribution is -0.139. The Bertz CT molecular complexity index is 384. The molecular weight excluding hydrogens is 262 g/mol. The summed E-state index contributed by atoms with van der Waals surface area (Å²) in [6.45, 7) is 4.57. The third-order valence-corrected chi connectivity index (χ3v) is 3.41. The van der Waals surface area contributed by atoms with E-state index in [1.807, 2.05) is 13.8 Å². The fraction of sp³-hybridized carbons (Fsp3) is 0.769. The highest BCUT2D eigenvalue weighted by Crippen LogP contribution is 2.16. The Morgan fingerprint density at radius 1 is 1.40 bits per heavy atom. The van der Waals surface area contributed by atoms with Gasteiger partial charge in [-0.1, -0.05) is 13.8 Å². The van der Waals surface area contributed by atoms with Crippen molar-refractivity contribution in [2.24, 2.45) is 17.6 Å². The highest BCUT2D eigenvalue weighted by molar-refractivity contribution is 5.83. The van der Waals surface area contributed by atoms with Crippen LogP contribution in [0.4, 0.5) is 4.79 Å². The van der Waals surface area contributed by atoms with Crippen molar-refractivity contribution in [1.29, 1.82) is 0 Å². The van der Waals surface area contributed by atoms with E-state index in [9.17, 15) is 14.4 Å². The van der Waals surface area contributed by atoms with Crippen LogP contribution in [0.25, 0.3) is 0 Å². The Balaban J connectivity index is 2.59. The van der Waals surface area contributed by atoms with E-state index in [1.165, 1.54) is 4.90 Å². The van der Waals surface area contributed by atoms with Crippen LogP contribution in [0.3, 0.4) is 0 Å². The SMILES string of the molecule is CC(C)C[C@H](NC(=O)N1CCCC(C(N)=O)C1)C(=O)O. The van der Waals surface area contributed by atoms with Gasteiger partial charge < -0.3 is 21.1 Å². The van der Waals surface area contributed by atoms with Crippen molar-refractivity contribution in [1.82, 2.24) is 10.2 Å². The number of carboxylic acid groups (broad SMARTS) is 1. The van der Waals surface area contributed by atoms with Gasteiger partial charge in [0.2, 0.25) is 5.91 Å². The van der Waals surface area contributed by atoms with Gasteiger partial charge in [-0.15, -0.1) is 0 Å². The summed E-state index contributed by atoms with van der Waals surface area (Å²) in [6, 6.07) is -1.35. The molecule has 1 rings (SSSR count). The lowest BCUT2D eigenvalue weighted by atomic mass is 9.98. The van der Waals surface area contributed by atoms with Crippen LogP contribution in [0, 0.1) is 11.8 Å². The molecule has 0 spiro atoms. The lowest BCUT2D eigenvalue weighted by Gasteiger charge is -2.32. The average Bonchev–Trinajstić information content (AvgIpc) is 2.37. The van der Waals surface area contributed by atoms with E-state index in [0.29, 0.717) is 25.8 Å². The minimum Gasteiger partial charge on any atom is -0.480 e. The molecule has 20 heavy (non-hydrogen) atoms. The molecule has 3 amide bonds. The van der Waals surface area contributed by atoms with Crippen LogP contribution >= 0.6 is 0 Å². The van der Waals surface area contributed by atoms with Crippen molar-refractivity contribution >= 4 is 17.9 Å². The van der Waals surface area contributed by atoms with Crippen molar-refractivity contribution in [3.8, 4) is 0 Å². The molecule has 0 aromatic rings. The van der Waals surface area contributed by atoms with E-state index in [4.69, 9.17) is 10.8 Å². The minimum absolute atomic E-state index is 0.163. The second-order valence-corrected chi connectivity index (χ2v) is 5.66. The summed E-state index contributed by atoms with van der Waals surface area (Å²) < 4.78 is 0. The van der Waals surface area contributed by atoms with E-state index in [-0.39, 0.29) is 18.4 Å². The van der Waals surface area contributed by atoms with Crippen LogP contribution in [-0.4, -0.2) is 47.0 Å². The highest BCUT2D eigenvalue weighted by atomic mass is 16.4. The number of aliphatic carboxylic acids is 1. The fourth-order valence-electron chi connectivity index (χ4n) is 2.33. The largest absolute Gasteiger partial charge is 0.480 e. The van der Waals surface area contributed by atoms with Crippen molar-refractivity contribution < 1.29 is 19.5 Å². The molecule has 0 aromatic carbocycles. The molecule has 0 aliphatic carbocycles. The maximum absolute atomic E-state index is 12.1. The maximum Gasteiger partial charge on any atom is 0.326 e. The van der Waals surface area contributed by atoms with Crippen LogP contribution in [-0.2, 0) is 9.59 Å². The Morgan fingerprint density at radius 2 is 2.05 bits per heavy atom. The molecule has 1 unspecified atom stereocenters. The van der Waals surface area contributed by atoms with Crippen molar-refractivity contribution in [3.05, 3.63) is 0 Å². The molecule has 0 bridgehead atoms. The number of rotatable bonds is 5. The van der Waals surface area contributed by atoms with Crippen LogP contribution in [0.5, 0.6) is 0 Å². The predicted molar refractivity (Wildman–Crippen MR) is 72.9 cm³/mol. The Hall–Kier alpha value is -1.79. The Morgan fingerprint density at radius 3 is 2.55 bits per heavy atom. The maximum atomic E-state index is 12.1. The number of likely N-dealkylation sites (tertiary alicyclic amines) is 1. The number of nitrogens with zero attached hydrogens (tertiary/aromatic N) is 1. The highest BCUT2D eigenvalue weighted by Gasteiger charge is 2.29. The molecule has 1 fully saturated rings. The molecule has 0 aromatic heterocycles. The molecule has 114 valence electrons. The molecule has 0 radical (unpaired) electrons. The van der Waals surface area contributed by atoms with Gasteiger partial charge in [-0.25, -0.2) is 9.59 Å². The van der Waals surface area contributed by atoms with E-state index in [0.717, 1.165) is 0 Å². The minimum atomic E-state index is -1.05. The summed E-state index contributed by atoms with van der Waals surface area (Å²) >= 11 is 0. The lowest BCUT2D eigenvalue weighted by Crippen LogP contribution is -2.52. The molecule has 7 nitrogen and oxygen atoms in total. The summed E-state index contributed by atoms with van der Waals surface area (Å²) in [7, 11) is 0. The van der Waals surface area contributed by atoms with Gasteiger partial charge in [-0.2, -0.15) is 0 Å². The zero-order chi connectivity index (χ0) is 15.3. The Kier molecular flexibility index (Phi) is 5.79. The van der Waals surface area contributed by atoms with Gasteiger partial charge in [0.25, 0.3) is 0 Å². The summed E-state index contributed by atoms with van der Waals surface area (Å²) in [5, 5.41) is 11.6. The molecule has 7 heteroatoms. The third-order valence-electron chi connectivity index (χ3n) is 3.41. The molecule has 1 aliphatic rings. The number of hydrogen-bond donors (Lipinski definition) is 3. The molecule has 4 N–H and O–H groups in total. The number of urea groups is 1. The monoisotopic (exact) mass is 285 g/mol. The second-order valence-electron chi connectivity index (χ2n) is 5.66. The number of piperidine rings is 1. The normalized spacial score (nSPS) is 20.6. The van der Waals surface area contributed by atoms with E-state index >= 15 is 0 Å². The van der Waals surface area contributed by atoms with Gasteiger partial charge in [-0.3, -0.25) is 4.79 Å². The molecule has 2 atom stereocenters. The zero-order valence-corrected chi connectivity index (χ0v) is 12.0.